The van der Waals surface area contributed by atoms with Crippen LogP contribution < -0.4 is 0 Å². The zero-order valence-corrected chi connectivity index (χ0v) is 13.6. The van der Waals surface area contributed by atoms with E-state index in [0.717, 1.165) is 6.54 Å². The van der Waals surface area contributed by atoms with Gasteiger partial charge in [-0.1, -0.05) is 6.07 Å². The quantitative estimate of drug-likeness (QED) is 0.846. The number of aliphatic hydroxyl groups excluding tert-OH is 1. The molecule has 0 saturated carbocycles. The minimum Gasteiger partial charge on any atom is -0.389 e. The summed E-state index contributed by atoms with van der Waals surface area (Å²) in [6.45, 7) is 2.78. The van der Waals surface area contributed by atoms with Gasteiger partial charge in [0.05, 0.1) is 19.3 Å². The molecule has 1 aliphatic rings. The fraction of sp³-hybridized carbons (Fsp3) is 0.500. The first-order valence-corrected chi connectivity index (χ1v) is 9.19. The van der Waals surface area contributed by atoms with Gasteiger partial charge < -0.3 is 9.84 Å². The van der Waals surface area contributed by atoms with Gasteiger partial charge in [0.15, 0.2) is 0 Å². The second kappa shape index (κ2) is 7.51. The lowest BCUT2D eigenvalue weighted by Crippen LogP contribution is -2.34. The van der Waals surface area contributed by atoms with E-state index >= 15 is 0 Å². The molecule has 0 spiro atoms. The zero-order chi connectivity index (χ0) is 14.5. The first-order chi connectivity index (χ1) is 10.3. The fourth-order valence-corrected chi connectivity index (χ4v) is 4.25. The third kappa shape index (κ3) is 4.14. The number of ether oxygens (including phenoxy) is 1. The molecule has 0 amide bonds. The number of likely N-dealkylation sites (tertiary alicyclic amines) is 1. The lowest BCUT2D eigenvalue weighted by Gasteiger charge is -2.26. The summed E-state index contributed by atoms with van der Waals surface area (Å²) in [7, 11) is 0. The maximum Gasteiger partial charge on any atom is 0.0900 e. The van der Waals surface area contributed by atoms with Crippen LogP contribution in [0.3, 0.4) is 0 Å². The first kappa shape index (κ1) is 15.2. The summed E-state index contributed by atoms with van der Waals surface area (Å²) in [5.74, 6) is 0. The average molecular weight is 323 g/mol. The Labute approximate surface area is 133 Å². The van der Waals surface area contributed by atoms with E-state index in [9.17, 15) is 5.11 Å². The van der Waals surface area contributed by atoms with Crippen molar-refractivity contribution >= 4 is 22.7 Å². The molecule has 0 radical (unpaired) electrons. The topological polar surface area (TPSA) is 32.7 Å². The Hall–Kier alpha value is -0.720. The van der Waals surface area contributed by atoms with E-state index in [0.29, 0.717) is 25.8 Å². The predicted molar refractivity (Wildman–Crippen MR) is 87.8 cm³/mol. The number of thiophene rings is 2. The van der Waals surface area contributed by atoms with Crippen molar-refractivity contribution < 1.29 is 9.84 Å². The number of aliphatic hydroxyl groups is 1. The zero-order valence-electron chi connectivity index (χ0n) is 12.0. The third-order valence-electron chi connectivity index (χ3n) is 3.87. The number of rotatable bonds is 7. The highest BCUT2D eigenvalue weighted by Gasteiger charge is 2.27. The van der Waals surface area contributed by atoms with Crippen molar-refractivity contribution in [3.05, 3.63) is 44.8 Å². The molecule has 114 valence electrons. The van der Waals surface area contributed by atoms with Crippen LogP contribution in [0.15, 0.2) is 34.3 Å². The highest BCUT2D eigenvalue weighted by molar-refractivity contribution is 7.09. The van der Waals surface area contributed by atoms with Crippen molar-refractivity contribution in [2.24, 2.45) is 0 Å². The number of nitrogens with zero attached hydrogens (tertiary/aromatic N) is 1. The number of hydrogen-bond acceptors (Lipinski definition) is 5. The molecular weight excluding hydrogens is 302 g/mol. The van der Waals surface area contributed by atoms with Gasteiger partial charge >= 0.3 is 0 Å². The molecule has 0 bridgehead atoms. The highest BCUT2D eigenvalue weighted by Crippen LogP contribution is 2.32. The smallest absolute Gasteiger partial charge is 0.0900 e. The highest BCUT2D eigenvalue weighted by atomic mass is 32.1. The molecule has 1 aliphatic heterocycles. The summed E-state index contributed by atoms with van der Waals surface area (Å²) < 4.78 is 5.61. The molecule has 0 unspecified atom stereocenters. The lowest BCUT2D eigenvalue weighted by molar-refractivity contribution is 0.00850. The van der Waals surface area contributed by atoms with E-state index in [2.05, 4.69) is 27.8 Å². The summed E-state index contributed by atoms with van der Waals surface area (Å²) in [6.07, 6.45) is 1.99. The van der Waals surface area contributed by atoms with Crippen molar-refractivity contribution in [2.45, 2.75) is 31.6 Å². The maximum atomic E-state index is 10.2. The van der Waals surface area contributed by atoms with Crippen LogP contribution in [0.4, 0.5) is 0 Å². The largest absolute Gasteiger partial charge is 0.389 e. The van der Waals surface area contributed by atoms with Crippen LogP contribution in [0, 0.1) is 0 Å². The fourth-order valence-electron chi connectivity index (χ4n) is 2.90. The third-order valence-corrected chi connectivity index (χ3v) is 5.42. The predicted octanol–water partition coefficient (Wildman–Crippen LogP) is 3.52. The molecule has 2 atom stereocenters. The van der Waals surface area contributed by atoms with Gasteiger partial charge in [0.1, 0.15) is 0 Å². The molecule has 0 aromatic carbocycles. The molecule has 2 aromatic heterocycles. The maximum absolute atomic E-state index is 10.2. The van der Waals surface area contributed by atoms with Crippen LogP contribution >= 0.6 is 22.7 Å². The Morgan fingerprint density at radius 2 is 2.33 bits per heavy atom. The molecule has 1 N–H and O–H groups in total. The van der Waals surface area contributed by atoms with E-state index < -0.39 is 6.10 Å². The van der Waals surface area contributed by atoms with Gasteiger partial charge in [-0.25, -0.2) is 0 Å². The molecular formula is C16H21NO2S2. The van der Waals surface area contributed by atoms with Crippen molar-refractivity contribution in [3.63, 3.8) is 0 Å². The molecule has 1 saturated heterocycles. The second-order valence-corrected chi connectivity index (χ2v) is 7.27. The summed E-state index contributed by atoms with van der Waals surface area (Å²) >= 11 is 3.44. The molecule has 3 heterocycles. The van der Waals surface area contributed by atoms with Crippen molar-refractivity contribution in [3.8, 4) is 0 Å². The summed E-state index contributed by atoms with van der Waals surface area (Å²) in [5, 5.41) is 16.6. The van der Waals surface area contributed by atoms with Gasteiger partial charge in [-0.3, -0.25) is 4.90 Å². The second-order valence-electron chi connectivity index (χ2n) is 5.46. The minimum atomic E-state index is -0.413. The Morgan fingerprint density at radius 3 is 3.10 bits per heavy atom. The van der Waals surface area contributed by atoms with Crippen LogP contribution in [0.1, 0.15) is 29.3 Å². The van der Waals surface area contributed by atoms with Crippen LogP contribution in [0.5, 0.6) is 0 Å². The Bertz CT molecular complexity index is 512. The van der Waals surface area contributed by atoms with Crippen LogP contribution in [0.2, 0.25) is 0 Å². The van der Waals surface area contributed by atoms with Crippen molar-refractivity contribution in [1.82, 2.24) is 4.90 Å². The van der Waals surface area contributed by atoms with Gasteiger partial charge in [-0.2, -0.15) is 11.3 Å². The Morgan fingerprint density at radius 1 is 1.38 bits per heavy atom. The molecule has 5 heteroatoms. The number of β-amino-alcohol motifs (C(OH)–C–C–N with tert-alkyl or cyclic N) is 1. The summed E-state index contributed by atoms with van der Waals surface area (Å²) in [5.41, 5.74) is 1.39. The Kier molecular flexibility index (Phi) is 5.43. The van der Waals surface area contributed by atoms with Crippen LogP contribution in [-0.4, -0.2) is 35.8 Å². The van der Waals surface area contributed by atoms with E-state index in [1.54, 1.807) is 22.7 Å². The van der Waals surface area contributed by atoms with E-state index in [1.807, 2.05) is 11.4 Å². The summed E-state index contributed by atoms with van der Waals surface area (Å²) in [6, 6.07) is 6.76. The van der Waals surface area contributed by atoms with Crippen LogP contribution in [0.25, 0.3) is 0 Å². The normalized spacial score (nSPS) is 20.9. The van der Waals surface area contributed by atoms with E-state index in [4.69, 9.17) is 4.74 Å². The van der Waals surface area contributed by atoms with Gasteiger partial charge in [-0.05, 0) is 53.2 Å². The van der Waals surface area contributed by atoms with Gasteiger partial charge in [0.2, 0.25) is 0 Å². The molecule has 3 rings (SSSR count). The van der Waals surface area contributed by atoms with E-state index in [-0.39, 0.29) is 0 Å². The number of hydrogen-bond donors (Lipinski definition) is 1. The van der Waals surface area contributed by atoms with Crippen LogP contribution in [-0.2, 0) is 11.3 Å². The summed E-state index contributed by atoms with van der Waals surface area (Å²) in [4.78, 5) is 3.60. The van der Waals surface area contributed by atoms with Crippen molar-refractivity contribution in [1.29, 1.82) is 0 Å². The molecule has 1 fully saturated rings. The monoisotopic (exact) mass is 323 g/mol. The van der Waals surface area contributed by atoms with Gasteiger partial charge in [0, 0.05) is 17.5 Å². The Balaban J connectivity index is 1.44. The molecule has 3 nitrogen and oxygen atoms in total. The van der Waals surface area contributed by atoms with E-state index in [1.165, 1.54) is 23.3 Å². The molecule has 2 aromatic rings. The SMILES string of the molecule is O[C@@H](COCc1cccs1)CN1CCC[C@H]1c1ccsc1. The minimum absolute atomic E-state index is 0.407. The molecule has 21 heavy (non-hydrogen) atoms. The van der Waals surface area contributed by atoms with Gasteiger partial charge in [-0.15, -0.1) is 11.3 Å². The van der Waals surface area contributed by atoms with Crippen molar-refractivity contribution in [2.75, 3.05) is 19.7 Å². The van der Waals surface area contributed by atoms with Gasteiger partial charge in [0.25, 0.3) is 0 Å². The first-order valence-electron chi connectivity index (χ1n) is 7.37. The molecule has 0 aliphatic carbocycles. The average Bonchev–Trinajstić information content (AvgIpc) is 3.20. The standard InChI is InChI=1S/C16H21NO2S2/c18-14(10-19-11-15-3-2-7-21-15)9-17-6-1-4-16(17)13-5-8-20-12-13/h2-3,5,7-8,12,14,16,18H,1,4,6,9-11H2/t14-,16+/m1/s1. The lowest BCUT2D eigenvalue weighted by atomic mass is 10.1.